The Morgan fingerprint density at radius 2 is 1.67 bits per heavy atom. The molecule has 0 heterocycles. The van der Waals surface area contributed by atoms with Crippen LogP contribution in [0.25, 0.3) is 0 Å². The van der Waals surface area contributed by atoms with Crippen molar-refractivity contribution in [3.8, 4) is 11.5 Å². The van der Waals surface area contributed by atoms with Gasteiger partial charge in [-0.3, -0.25) is 20.4 Å². The van der Waals surface area contributed by atoms with E-state index in [9.17, 15) is 19.5 Å². The second-order valence-corrected chi connectivity index (χ2v) is 5.96. The van der Waals surface area contributed by atoms with E-state index < -0.39 is 24.4 Å². The van der Waals surface area contributed by atoms with E-state index in [1.54, 1.807) is 6.07 Å². The molecule has 142 valence electrons. The van der Waals surface area contributed by atoms with E-state index in [0.717, 1.165) is 6.07 Å². The monoisotopic (exact) mass is 412 g/mol. The van der Waals surface area contributed by atoms with Crippen molar-refractivity contribution < 1.29 is 29.0 Å². The SMILES string of the molecule is COc1ccc(Cl)cc1C(=O)NNC(=O)COC(=O)c1ccc(Cl)cc1O. The minimum atomic E-state index is -0.929. The number of ether oxygens (including phenoxy) is 2. The third kappa shape index (κ3) is 5.50. The largest absolute Gasteiger partial charge is 0.507 e. The van der Waals surface area contributed by atoms with Crippen LogP contribution in [0.15, 0.2) is 36.4 Å². The number of rotatable bonds is 5. The predicted octanol–water partition coefficient (Wildman–Crippen LogP) is 2.33. The van der Waals surface area contributed by atoms with Crippen molar-refractivity contribution in [3.63, 3.8) is 0 Å². The van der Waals surface area contributed by atoms with Crippen LogP contribution in [0.4, 0.5) is 0 Å². The zero-order chi connectivity index (χ0) is 20.0. The number of methoxy groups -OCH3 is 1. The number of carbonyl (C=O) groups is 3. The zero-order valence-electron chi connectivity index (χ0n) is 13.9. The molecule has 0 saturated carbocycles. The number of phenolic OH excluding ortho intramolecular Hbond substituents is 1. The summed E-state index contributed by atoms with van der Waals surface area (Å²) >= 11 is 11.5. The van der Waals surface area contributed by atoms with Crippen LogP contribution >= 0.6 is 23.2 Å². The van der Waals surface area contributed by atoms with Gasteiger partial charge in [0.15, 0.2) is 6.61 Å². The molecular formula is C17H14Cl2N2O6. The lowest BCUT2D eigenvalue weighted by Gasteiger charge is -2.11. The van der Waals surface area contributed by atoms with Crippen molar-refractivity contribution in [1.29, 1.82) is 0 Å². The Balaban J connectivity index is 1.88. The number of hydrogen-bond donors (Lipinski definition) is 3. The van der Waals surface area contributed by atoms with Crippen LogP contribution in [0.1, 0.15) is 20.7 Å². The molecule has 0 aromatic heterocycles. The summed E-state index contributed by atoms with van der Waals surface area (Å²) in [5, 5.41) is 10.2. The number of phenols is 1. The molecule has 2 aromatic carbocycles. The summed E-state index contributed by atoms with van der Waals surface area (Å²) < 4.78 is 9.80. The van der Waals surface area contributed by atoms with Gasteiger partial charge in [-0.25, -0.2) is 4.79 Å². The molecule has 0 saturated heterocycles. The maximum Gasteiger partial charge on any atom is 0.342 e. The molecule has 0 radical (unpaired) electrons. The summed E-state index contributed by atoms with van der Waals surface area (Å²) in [5.41, 5.74) is 4.18. The molecule has 0 aliphatic carbocycles. The van der Waals surface area contributed by atoms with Crippen molar-refractivity contribution >= 4 is 41.0 Å². The first-order chi connectivity index (χ1) is 12.8. The smallest absolute Gasteiger partial charge is 0.342 e. The highest BCUT2D eigenvalue weighted by Crippen LogP contribution is 2.23. The van der Waals surface area contributed by atoms with Gasteiger partial charge in [-0.1, -0.05) is 23.2 Å². The number of hydrazine groups is 1. The number of amides is 2. The standard InChI is InChI=1S/C17H14Cl2N2O6/c1-26-14-5-3-9(18)6-12(14)16(24)21-20-15(23)8-27-17(25)11-4-2-10(19)7-13(11)22/h2-7,22H,8H2,1H3,(H,20,23)(H,21,24). The molecule has 27 heavy (non-hydrogen) atoms. The van der Waals surface area contributed by atoms with Gasteiger partial charge in [0, 0.05) is 10.0 Å². The first-order valence-electron chi connectivity index (χ1n) is 7.40. The summed E-state index contributed by atoms with van der Waals surface area (Å²) in [5.74, 6) is -2.53. The molecule has 2 rings (SSSR count). The van der Waals surface area contributed by atoms with E-state index in [1.165, 1.54) is 31.4 Å². The lowest BCUT2D eigenvalue weighted by Crippen LogP contribution is -2.43. The molecule has 10 heteroatoms. The number of halogens is 2. The van der Waals surface area contributed by atoms with Crippen molar-refractivity contribution in [1.82, 2.24) is 10.9 Å². The molecule has 0 spiro atoms. The van der Waals surface area contributed by atoms with Crippen LogP contribution in [0.2, 0.25) is 10.0 Å². The minimum absolute atomic E-state index is 0.105. The van der Waals surface area contributed by atoms with Gasteiger partial charge >= 0.3 is 5.97 Å². The van der Waals surface area contributed by atoms with E-state index >= 15 is 0 Å². The van der Waals surface area contributed by atoms with Crippen LogP contribution in [0.5, 0.6) is 11.5 Å². The average Bonchev–Trinajstić information content (AvgIpc) is 2.64. The van der Waals surface area contributed by atoms with Crippen molar-refractivity contribution in [3.05, 3.63) is 57.6 Å². The molecule has 0 aliphatic rings. The van der Waals surface area contributed by atoms with Gasteiger partial charge in [0.25, 0.3) is 11.8 Å². The van der Waals surface area contributed by atoms with Gasteiger partial charge in [-0.2, -0.15) is 0 Å². The molecule has 0 aliphatic heterocycles. The summed E-state index contributed by atoms with van der Waals surface area (Å²) in [7, 11) is 1.38. The molecule has 0 fully saturated rings. The number of aromatic hydroxyl groups is 1. The van der Waals surface area contributed by atoms with E-state index in [1.807, 2.05) is 0 Å². The molecule has 3 N–H and O–H groups in total. The first-order valence-corrected chi connectivity index (χ1v) is 8.15. The molecule has 0 atom stereocenters. The van der Waals surface area contributed by atoms with Gasteiger partial charge in [-0.05, 0) is 36.4 Å². The Hall–Kier alpha value is -2.97. The summed E-state index contributed by atoms with van der Waals surface area (Å²) in [6, 6.07) is 8.21. The number of esters is 1. The lowest BCUT2D eigenvalue weighted by molar-refractivity contribution is -0.125. The molecule has 0 bridgehead atoms. The van der Waals surface area contributed by atoms with Crippen molar-refractivity contribution in [2.75, 3.05) is 13.7 Å². The second kappa shape index (κ2) is 9.11. The quantitative estimate of drug-likeness (QED) is 0.512. The minimum Gasteiger partial charge on any atom is -0.507 e. The maximum atomic E-state index is 12.1. The normalized spacial score (nSPS) is 10.0. The Bertz CT molecular complexity index is 888. The number of benzene rings is 2. The maximum absolute atomic E-state index is 12.1. The highest BCUT2D eigenvalue weighted by Gasteiger charge is 2.16. The first kappa shape index (κ1) is 20.3. The fourth-order valence-corrected chi connectivity index (χ4v) is 2.31. The van der Waals surface area contributed by atoms with Gasteiger partial charge in [0.2, 0.25) is 0 Å². The van der Waals surface area contributed by atoms with Crippen LogP contribution in [-0.2, 0) is 9.53 Å². The highest BCUT2D eigenvalue weighted by atomic mass is 35.5. The Kier molecular flexibility index (Phi) is 6.86. The van der Waals surface area contributed by atoms with Gasteiger partial charge < -0.3 is 14.6 Å². The lowest BCUT2D eigenvalue weighted by atomic mass is 10.2. The van der Waals surface area contributed by atoms with Crippen LogP contribution in [0, 0.1) is 0 Å². The topological polar surface area (TPSA) is 114 Å². The Morgan fingerprint density at radius 3 is 2.33 bits per heavy atom. The van der Waals surface area contributed by atoms with E-state index in [4.69, 9.17) is 32.7 Å². The van der Waals surface area contributed by atoms with Gasteiger partial charge in [0.1, 0.15) is 17.1 Å². The third-order valence-corrected chi connectivity index (χ3v) is 3.71. The molecule has 0 unspecified atom stereocenters. The molecule has 8 nitrogen and oxygen atoms in total. The highest BCUT2D eigenvalue weighted by molar-refractivity contribution is 6.31. The number of carbonyl (C=O) groups excluding carboxylic acids is 3. The van der Waals surface area contributed by atoms with E-state index in [0.29, 0.717) is 5.02 Å². The van der Waals surface area contributed by atoms with E-state index in [2.05, 4.69) is 10.9 Å². The van der Waals surface area contributed by atoms with Crippen molar-refractivity contribution in [2.45, 2.75) is 0 Å². The number of nitrogens with one attached hydrogen (secondary N) is 2. The van der Waals surface area contributed by atoms with Crippen LogP contribution in [-0.4, -0.2) is 36.6 Å². The summed E-state index contributed by atoms with van der Waals surface area (Å²) in [6.07, 6.45) is 0. The van der Waals surface area contributed by atoms with Crippen molar-refractivity contribution in [2.24, 2.45) is 0 Å². The zero-order valence-corrected chi connectivity index (χ0v) is 15.4. The second-order valence-electron chi connectivity index (χ2n) is 5.08. The summed E-state index contributed by atoms with van der Waals surface area (Å²) in [4.78, 5) is 35.7. The Labute approximate surface area is 163 Å². The van der Waals surface area contributed by atoms with Gasteiger partial charge in [-0.15, -0.1) is 0 Å². The van der Waals surface area contributed by atoms with Crippen LogP contribution < -0.4 is 15.6 Å². The Morgan fingerprint density at radius 1 is 1.00 bits per heavy atom. The molecule has 2 amide bonds. The molecule has 2 aromatic rings. The molecular weight excluding hydrogens is 399 g/mol. The number of hydrogen-bond acceptors (Lipinski definition) is 6. The predicted molar refractivity (Wildman–Crippen MR) is 97.0 cm³/mol. The van der Waals surface area contributed by atoms with Gasteiger partial charge in [0.05, 0.1) is 12.7 Å². The van der Waals surface area contributed by atoms with E-state index in [-0.39, 0.29) is 27.6 Å². The fourth-order valence-electron chi connectivity index (χ4n) is 1.97. The summed E-state index contributed by atoms with van der Waals surface area (Å²) in [6.45, 7) is -0.687. The fraction of sp³-hybridized carbons (Fsp3) is 0.118. The van der Waals surface area contributed by atoms with Crippen LogP contribution in [0.3, 0.4) is 0 Å². The average molecular weight is 413 g/mol. The third-order valence-electron chi connectivity index (χ3n) is 3.24.